The van der Waals surface area contributed by atoms with Crippen LogP contribution in [-0.2, 0) is 11.3 Å². The van der Waals surface area contributed by atoms with E-state index in [1.54, 1.807) is 0 Å². The van der Waals surface area contributed by atoms with E-state index < -0.39 is 0 Å². The molecule has 4 nitrogen and oxygen atoms in total. The maximum atomic E-state index is 11.2. The van der Waals surface area contributed by atoms with Crippen molar-refractivity contribution in [3.63, 3.8) is 0 Å². The summed E-state index contributed by atoms with van der Waals surface area (Å²) < 4.78 is 1.81. The van der Waals surface area contributed by atoms with Gasteiger partial charge in [-0.25, -0.2) is 4.68 Å². The molecule has 1 heterocycles. The topological polar surface area (TPSA) is 46.9 Å². The Morgan fingerprint density at radius 1 is 1.44 bits per heavy atom. The highest BCUT2D eigenvalue weighted by molar-refractivity contribution is 5.86. The molecule has 0 atom stereocenters. The third-order valence-corrected chi connectivity index (χ3v) is 2.60. The molecule has 0 aliphatic carbocycles. The molecular weight excluding hydrogens is 226 g/mol. The summed E-state index contributed by atoms with van der Waals surface area (Å²) in [5, 5.41) is 7.14. The monoisotopic (exact) mass is 241 g/mol. The van der Waals surface area contributed by atoms with Crippen molar-refractivity contribution in [1.82, 2.24) is 15.1 Å². The number of carbonyl (C=O) groups excluding carboxylic acids is 1. The van der Waals surface area contributed by atoms with E-state index in [0.717, 1.165) is 16.9 Å². The van der Waals surface area contributed by atoms with E-state index in [4.69, 9.17) is 0 Å². The minimum Gasteiger partial charge on any atom is -0.348 e. The Balaban J connectivity index is 2.25. The van der Waals surface area contributed by atoms with E-state index in [1.165, 1.54) is 6.08 Å². The van der Waals surface area contributed by atoms with E-state index in [1.807, 2.05) is 48.1 Å². The van der Waals surface area contributed by atoms with Crippen LogP contribution in [0.5, 0.6) is 0 Å². The highest BCUT2D eigenvalue weighted by Crippen LogP contribution is 2.13. The second-order valence-electron chi connectivity index (χ2n) is 3.95. The van der Waals surface area contributed by atoms with Gasteiger partial charge in [-0.15, -0.1) is 0 Å². The largest absolute Gasteiger partial charge is 0.348 e. The summed E-state index contributed by atoms with van der Waals surface area (Å²) in [6, 6.07) is 9.77. The van der Waals surface area contributed by atoms with Gasteiger partial charge in [-0.3, -0.25) is 4.79 Å². The number of aromatic nitrogens is 2. The lowest BCUT2D eigenvalue weighted by atomic mass is 10.2. The molecule has 1 N–H and O–H groups in total. The van der Waals surface area contributed by atoms with Gasteiger partial charge in [0, 0.05) is 12.7 Å². The molecule has 0 bridgehead atoms. The number of para-hydroxylation sites is 1. The van der Waals surface area contributed by atoms with Crippen LogP contribution >= 0.6 is 0 Å². The van der Waals surface area contributed by atoms with Gasteiger partial charge in [-0.05, 0) is 30.7 Å². The van der Waals surface area contributed by atoms with Gasteiger partial charge >= 0.3 is 0 Å². The summed E-state index contributed by atoms with van der Waals surface area (Å²) in [6.07, 6.45) is 3.17. The lowest BCUT2D eigenvalue weighted by Gasteiger charge is -2.09. The van der Waals surface area contributed by atoms with Crippen LogP contribution in [-0.4, -0.2) is 15.7 Å². The summed E-state index contributed by atoms with van der Waals surface area (Å²) >= 11 is 0. The zero-order valence-corrected chi connectivity index (χ0v) is 10.3. The van der Waals surface area contributed by atoms with E-state index in [0.29, 0.717) is 6.54 Å². The molecule has 0 spiro atoms. The van der Waals surface area contributed by atoms with Crippen molar-refractivity contribution in [2.45, 2.75) is 13.5 Å². The summed E-state index contributed by atoms with van der Waals surface area (Å²) in [7, 11) is 0. The number of hydrogen-bond donors (Lipinski definition) is 1. The molecule has 0 radical (unpaired) electrons. The van der Waals surface area contributed by atoms with Crippen LogP contribution in [0.1, 0.15) is 11.3 Å². The highest BCUT2D eigenvalue weighted by atomic mass is 16.1. The molecule has 0 unspecified atom stereocenters. The Hall–Kier alpha value is -2.36. The van der Waals surface area contributed by atoms with Crippen molar-refractivity contribution < 1.29 is 4.79 Å². The second-order valence-corrected chi connectivity index (χ2v) is 3.95. The Morgan fingerprint density at radius 2 is 2.22 bits per heavy atom. The molecule has 0 aliphatic rings. The maximum Gasteiger partial charge on any atom is 0.243 e. The molecule has 18 heavy (non-hydrogen) atoms. The van der Waals surface area contributed by atoms with Gasteiger partial charge in [0.05, 0.1) is 11.4 Å². The summed E-state index contributed by atoms with van der Waals surface area (Å²) in [4.78, 5) is 11.2. The molecule has 1 aromatic heterocycles. The minimum absolute atomic E-state index is 0.179. The van der Waals surface area contributed by atoms with Gasteiger partial charge in [-0.1, -0.05) is 24.8 Å². The number of nitrogens with zero attached hydrogens (tertiary/aromatic N) is 2. The van der Waals surface area contributed by atoms with Crippen LogP contribution in [0.25, 0.3) is 5.69 Å². The first-order valence-electron chi connectivity index (χ1n) is 5.71. The number of carbonyl (C=O) groups is 1. The predicted molar refractivity (Wildman–Crippen MR) is 70.3 cm³/mol. The fourth-order valence-electron chi connectivity index (χ4n) is 1.69. The third-order valence-electron chi connectivity index (χ3n) is 2.60. The van der Waals surface area contributed by atoms with Crippen molar-refractivity contribution >= 4 is 5.91 Å². The van der Waals surface area contributed by atoms with E-state index in [2.05, 4.69) is 17.0 Å². The summed E-state index contributed by atoms with van der Waals surface area (Å²) in [6.45, 7) is 5.83. The van der Waals surface area contributed by atoms with E-state index >= 15 is 0 Å². The first kappa shape index (κ1) is 12.1. The number of aryl methyl sites for hydroxylation is 1. The van der Waals surface area contributed by atoms with Crippen LogP contribution in [0.15, 0.2) is 49.2 Å². The number of nitrogens with one attached hydrogen (secondary N) is 1. The van der Waals surface area contributed by atoms with Gasteiger partial charge in [0.25, 0.3) is 0 Å². The van der Waals surface area contributed by atoms with Gasteiger partial charge in [0.2, 0.25) is 5.91 Å². The molecule has 0 fully saturated rings. The molecule has 1 amide bonds. The standard InChI is InChI=1S/C14H15N3O/c1-3-14(18)15-10-12-6-4-5-7-13(12)17-9-8-11(2)16-17/h3-9H,1,10H2,2H3,(H,15,18). The lowest BCUT2D eigenvalue weighted by Crippen LogP contribution is -2.21. The normalized spacial score (nSPS) is 10.1. The van der Waals surface area contributed by atoms with Crippen LogP contribution in [0.4, 0.5) is 0 Å². The molecule has 0 saturated carbocycles. The fraction of sp³-hybridized carbons (Fsp3) is 0.143. The van der Waals surface area contributed by atoms with Crippen LogP contribution < -0.4 is 5.32 Å². The molecule has 0 aliphatic heterocycles. The third kappa shape index (κ3) is 2.66. The van der Waals surface area contributed by atoms with Crippen molar-refractivity contribution in [3.8, 4) is 5.69 Å². The lowest BCUT2D eigenvalue weighted by molar-refractivity contribution is -0.116. The molecule has 2 rings (SSSR count). The number of hydrogen-bond acceptors (Lipinski definition) is 2. The Kier molecular flexibility index (Phi) is 3.57. The number of rotatable bonds is 4. The van der Waals surface area contributed by atoms with Crippen LogP contribution in [0.2, 0.25) is 0 Å². The Morgan fingerprint density at radius 3 is 2.89 bits per heavy atom. The van der Waals surface area contributed by atoms with Gasteiger partial charge in [0.1, 0.15) is 0 Å². The Labute approximate surface area is 106 Å². The zero-order valence-electron chi connectivity index (χ0n) is 10.3. The van der Waals surface area contributed by atoms with Gasteiger partial charge in [-0.2, -0.15) is 5.10 Å². The molecule has 1 aromatic carbocycles. The summed E-state index contributed by atoms with van der Waals surface area (Å²) in [5.74, 6) is -0.179. The molecule has 0 saturated heterocycles. The van der Waals surface area contributed by atoms with Crippen molar-refractivity contribution in [3.05, 3.63) is 60.4 Å². The van der Waals surface area contributed by atoms with Crippen molar-refractivity contribution in [1.29, 1.82) is 0 Å². The van der Waals surface area contributed by atoms with Crippen LogP contribution in [0.3, 0.4) is 0 Å². The molecule has 92 valence electrons. The zero-order chi connectivity index (χ0) is 13.0. The fourth-order valence-corrected chi connectivity index (χ4v) is 1.69. The van der Waals surface area contributed by atoms with Crippen molar-refractivity contribution in [2.24, 2.45) is 0 Å². The van der Waals surface area contributed by atoms with Gasteiger partial charge < -0.3 is 5.32 Å². The highest BCUT2D eigenvalue weighted by Gasteiger charge is 2.05. The Bertz CT molecular complexity index is 572. The van der Waals surface area contributed by atoms with Gasteiger partial charge in [0.15, 0.2) is 0 Å². The van der Waals surface area contributed by atoms with Crippen molar-refractivity contribution in [2.75, 3.05) is 0 Å². The molecule has 2 aromatic rings. The van der Waals surface area contributed by atoms with E-state index in [-0.39, 0.29) is 5.91 Å². The first-order chi connectivity index (χ1) is 8.70. The SMILES string of the molecule is C=CC(=O)NCc1ccccc1-n1ccc(C)n1. The second kappa shape index (κ2) is 5.31. The molecule has 4 heteroatoms. The average Bonchev–Trinajstić information content (AvgIpc) is 2.83. The first-order valence-corrected chi connectivity index (χ1v) is 5.71. The number of amides is 1. The predicted octanol–water partition coefficient (Wildman–Crippen LogP) is 1.98. The quantitative estimate of drug-likeness (QED) is 0.832. The summed E-state index contributed by atoms with van der Waals surface area (Å²) in [5.41, 5.74) is 2.94. The minimum atomic E-state index is -0.179. The van der Waals surface area contributed by atoms with E-state index in [9.17, 15) is 4.79 Å². The van der Waals surface area contributed by atoms with Crippen LogP contribution in [0, 0.1) is 6.92 Å². The number of benzene rings is 1. The maximum absolute atomic E-state index is 11.2. The average molecular weight is 241 g/mol. The smallest absolute Gasteiger partial charge is 0.243 e. The molecular formula is C14H15N3O.